The molecular formula is C49H90N8O19. The number of nitrogens with two attached hydrogens (primary N) is 1. The van der Waals surface area contributed by atoms with E-state index in [9.17, 15) is 49.2 Å². The van der Waals surface area contributed by atoms with E-state index in [1.165, 1.54) is 0 Å². The van der Waals surface area contributed by atoms with E-state index in [0.29, 0.717) is 0 Å². The van der Waals surface area contributed by atoms with Crippen LogP contribution >= 0.6 is 0 Å². The lowest BCUT2D eigenvalue weighted by atomic mass is 9.81. The normalized spacial score (nSPS) is 28.9. The first-order valence-corrected chi connectivity index (χ1v) is 25.8. The molecule has 0 spiro atoms. The summed E-state index contributed by atoms with van der Waals surface area (Å²) in [5.41, 5.74) is 1.52. The number of rotatable bonds is 18. The van der Waals surface area contributed by atoms with Gasteiger partial charge in [0.1, 0.15) is 52.4 Å². The Labute approximate surface area is 446 Å². The molecule has 3 rings (SSSR count). The summed E-state index contributed by atoms with van der Waals surface area (Å²) in [7, 11) is 0. The van der Waals surface area contributed by atoms with Crippen molar-refractivity contribution >= 4 is 36.4 Å². The molecule has 2 saturated heterocycles. The number of amides is 6. The number of hydrogen-bond donors (Lipinski definition) is 12. The predicted octanol–water partition coefficient (Wildman–Crippen LogP) is 0.987. The van der Waals surface area contributed by atoms with Gasteiger partial charge in [0.25, 0.3) is 0 Å². The number of carbonyl (C=O) groups is 6. The number of hydrogen-bond acceptors (Lipinski definition) is 21. The lowest BCUT2D eigenvalue weighted by Gasteiger charge is -2.51. The van der Waals surface area contributed by atoms with Gasteiger partial charge in [-0.15, -0.1) is 0 Å². The van der Waals surface area contributed by atoms with E-state index >= 15 is 0 Å². The molecule has 3 fully saturated rings. The zero-order valence-electron chi connectivity index (χ0n) is 46.9. The molecule has 14 atom stereocenters. The van der Waals surface area contributed by atoms with E-state index in [2.05, 4.69) is 37.2 Å². The summed E-state index contributed by atoms with van der Waals surface area (Å²) in [5, 5.41) is 64.2. The topological polar surface area (TPSA) is 377 Å². The van der Waals surface area contributed by atoms with E-state index in [-0.39, 0.29) is 51.9 Å². The van der Waals surface area contributed by atoms with Crippen LogP contribution in [0.2, 0.25) is 0 Å². The van der Waals surface area contributed by atoms with Crippen LogP contribution in [0.25, 0.3) is 0 Å². The Morgan fingerprint density at radius 1 is 0.566 bits per heavy atom. The third-order valence-electron chi connectivity index (χ3n) is 11.1. The summed E-state index contributed by atoms with van der Waals surface area (Å²) in [6.07, 6.45) is -17.9. The first kappa shape index (κ1) is 65.7. The molecule has 6 amide bonds. The van der Waals surface area contributed by atoms with E-state index in [1.54, 1.807) is 104 Å². The Morgan fingerprint density at radius 2 is 1.03 bits per heavy atom. The van der Waals surface area contributed by atoms with Crippen LogP contribution in [0, 0.1) is 0 Å². The maximum Gasteiger partial charge on any atom is 0.408 e. The Kier molecular flexibility index (Phi) is 24.1. The molecule has 13 N–H and O–H groups in total. The average Bonchev–Trinajstić information content (AvgIpc) is 3.23. The molecular weight excluding hydrogens is 1000 g/mol. The molecule has 2 heterocycles. The summed E-state index contributed by atoms with van der Waals surface area (Å²) in [4.78, 5) is 79.6. The van der Waals surface area contributed by atoms with Gasteiger partial charge in [0.05, 0.1) is 55.1 Å². The van der Waals surface area contributed by atoms with Crippen molar-refractivity contribution < 1.29 is 91.8 Å². The summed E-state index contributed by atoms with van der Waals surface area (Å²) in [6.45, 7) is 23.8. The van der Waals surface area contributed by atoms with E-state index < -0.39 is 157 Å². The van der Waals surface area contributed by atoms with E-state index in [0.717, 1.165) is 0 Å². The van der Waals surface area contributed by atoms with Gasteiger partial charge in [-0.1, -0.05) is 0 Å². The monoisotopic (exact) mass is 1090 g/mol. The molecule has 3 aliphatic rings. The second-order valence-electron chi connectivity index (χ2n) is 24.0. The minimum atomic E-state index is -1.90. The van der Waals surface area contributed by atoms with Crippen molar-refractivity contribution in [1.29, 1.82) is 0 Å². The molecule has 440 valence electrons. The zero-order valence-corrected chi connectivity index (χ0v) is 46.9. The van der Waals surface area contributed by atoms with Gasteiger partial charge in [0.15, 0.2) is 12.6 Å². The molecule has 76 heavy (non-hydrogen) atoms. The van der Waals surface area contributed by atoms with Crippen LogP contribution in [0.15, 0.2) is 0 Å². The fourth-order valence-electron chi connectivity index (χ4n) is 8.21. The van der Waals surface area contributed by atoms with Crippen molar-refractivity contribution in [2.75, 3.05) is 32.8 Å². The smallest absolute Gasteiger partial charge is 0.408 e. The highest BCUT2D eigenvalue weighted by Crippen LogP contribution is 2.34. The number of aliphatic hydroxyl groups is 4. The Morgan fingerprint density at radius 3 is 1.53 bits per heavy atom. The molecule has 6 unspecified atom stereocenters. The van der Waals surface area contributed by atoms with Crippen LogP contribution in [-0.2, 0) is 47.4 Å². The Bertz CT molecular complexity index is 1900. The first-order chi connectivity index (χ1) is 34.9. The van der Waals surface area contributed by atoms with Crippen molar-refractivity contribution in [2.45, 2.75) is 243 Å². The third kappa shape index (κ3) is 23.2. The summed E-state index contributed by atoms with van der Waals surface area (Å²) < 4.78 is 53.4. The maximum absolute atomic E-state index is 14.1. The second-order valence-corrected chi connectivity index (χ2v) is 24.0. The quantitative estimate of drug-likeness (QED) is 0.0851. The molecule has 0 aromatic carbocycles. The van der Waals surface area contributed by atoms with E-state index in [1.807, 2.05) is 0 Å². The Balaban J connectivity index is 2.22. The number of aliphatic hydroxyl groups excluding tert-OH is 4. The summed E-state index contributed by atoms with van der Waals surface area (Å²) in [5.74, 6) is -0.964. The fourth-order valence-corrected chi connectivity index (χ4v) is 8.21. The van der Waals surface area contributed by atoms with Crippen molar-refractivity contribution in [3.05, 3.63) is 0 Å². The standard InChI is InChI=1S/C49H90N8O19/c1-45(2,3)72-40(63)52-20-18-29(59)37(62)54-27-22-28(56-43(66)75-48(10,11)12)36(70-38-26(55-42(65)74-47(7,8)9)17-16-25(68-38)23-53-41(64)73-46(4,5)6)32(51-21-19-50)35(27)71-39-34(61)31(33(60)30(24-58)69-39)57-44(67)76-49(13,14)15/h25-36,38-39,51,58-61H,16-24,50H2,1-15H3,(H,52,63)(H,53,64)(H,54,62)(H,55,65)(H,56,66)(H,57,67)/t25?,26?,27-,28+,29+,30?,31+,32?,33-,34?,35+,36?,38-,39-/m1/s1. The maximum atomic E-state index is 14.1. The van der Waals surface area contributed by atoms with Gasteiger partial charge in [-0.05, 0) is 130 Å². The largest absolute Gasteiger partial charge is 0.444 e. The molecule has 1 saturated carbocycles. The molecule has 2 aliphatic heterocycles. The highest BCUT2D eigenvalue weighted by Gasteiger charge is 2.54. The van der Waals surface area contributed by atoms with Crippen molar-refractivity contribution in [3.63, 3.8) is 0 Å². The highest BCUT2D eigenvalue weighted by atomic mass is 16.7. The zero-order chi connectivity index (χ0) is 57.7. The van der Waals surface area contributed by atoms with Crippen molar-refractivity contribution in [2.24, 2.45) is 5.73 Å². The van der Waals surface area contributed by atoms with Gasteiger partial charge in [0.2, 0.25) is 5.91 Å². The van der Waals surface area contributed by atoms with Crippen LogP contribution in [0.4, 0.5) is 24.0 Å². The molecule has 0 aromatic heterocycles. The lowest BCUT2D eigenvalue weighted by Crippen LogP contribution is -2.73. The predicted molar refractivity (Wildman–Crippen MR) is 271 cm³/mol. The molecule has 0 radical (unpaired) electrons. The van der Waals surface area contributed by atoms with Crippen LogP contribution in [0.1, 0.15) is 130 Å². The SMILES string of the molecule is CC(C)(C)OC(=O)NCC[C@H](O)C(=O)N[C@@H]1C[C@H](NC(=O)OC(C)(C)C)C(O[C@H]2OC(CNC(=O)OC(C)(C)C)CCC2NC(=O)OC(C)(C)C)C(NCCN)[C@H]1O[C@H]1OC(CO)[C@@H](O)[C@H](NC(=O)OC(C)(C)C)C1O. The van der Waals surface area contributed by atoms with Crippen LogP contribution in [-0.4, -0.2) is 203 Å². The summed E-state index contributed by atoms with van der Waals surface area (Å²) in [6, 6.07) is -6.24. The number of alkyl carbamates (subject to hydrolysis) is 5. The fraction of sp³-hybridized carbons (Fsp3) is 0.878. The number of nitrogens with one attached hydrogen (secondary N) is 7. The Hall–Kier alpha value is -4.58. The van der Waals surface area contributed by atoms with Gasteiger partial charge in [-0.25, -0.2) is 24.0 Å². The van der Waals surface area contributed by atoms with Gasteiger partial charge < -0.3 is 106 Å². The lowest BCUT2D eigenvalue weighted by molar-refractivity contribution is -0.306. The van der Waals surface area contributed by atoms with Crippen molar-refractivity contribution in [3.8, 4) is 0 Å². The van der Waals surface area contributed by atoms with Crippen LogP contribution in [0.5, 0.6) is 0 Å². The minimum absolute atomic E-state index is 0.00555. The highest BCUT2D eigenvalue weighted by molar-refractivity contribution is 5.81. The molecule has 0 bridgehead atoms. The third-order valence-corrected chi connectivity index (χ3v) is 11.1. The average molecular weight is 1100 g/mol. The molecule has 0 aromatic rings. The molecule has 27 nitrogen and oxygen atoms in total. The molecule has 1 aliphatic carbocycles. The van der Waals surface area contributed by atoms with Crippen LogP contribution in [0.3, 0.4) is 0 Å². The first-order valence-electron chi connectivity index (χ1n) is 25.8. The van der Waals surface area contributed by atoms with Crippen molar-refractivity contribution in [1.82, 2.24) is 37.2 Å². The minimum Gasteiger partial charge on any atom is -0.444 e. The van der Waals surface area contributed by atoms with E-state index in [4.69, 9.17) is 48.4 Å². The molecule has 27 heteroatoms. The van der Waals surface area contributed by atoms with Gasteiger partial charge in [0, 0.05) is 26.2 Å². The summed E-state index contributed by atoms with van der Waals surface area (Å²) >= 11 is 0. The van der Waals surface area contributed by atoms with Gasteiger partial charge in [-0.2, -0.15) is 0 Å². The van der Waals surface area contributed by atoms with Gasteiger partial charge >= 0.3 is 30.5 Å². The van der Waals surface area contributed by atoms with Crippen LogP contribution < -0.4 is 43.0 Å². The second kappa shape index (κ2) is 27.8. The number of carbonyl (C=O) groups excluding carboxylic acids is 6. The van der Waals surface area contributed by atoms with Gasteiger partial charge in [-0.3, -0.25) is 4.79 Å². The number of ether oxygens (including phenoxy) is 9.